The molecule has 0 bridgehead atoms. The van der Waals surface area contributed by atoms with Crippen LogP contribution in [0.4, 0.5) is 0 Å². The van der Waals surface area contributed by atoms with E-state index < -0.39 is 10.0 Å². The first-order chi connectivity index (χ1) is 13.6. The van der Waals surface area contributed by atoms with Gasteiger partial charge in [-0.25, -0.2) is 8.42 Å². The number of ether oxygens (including phenoxy) is 2. The standard InChI is InChI=1S/C22H21NO4S/c24-28(25,19-9-7-16-4-1-2-5-17(16)14-19)23-11-3-6-20(23)18-8-10-21-22(15-18)27-13-12-26-21/h1-2,4-5,7-10,14-15,20H,3,6,11-13H2/t20-/m1/s1. The minimum absolute atomic E-state index is 0.188. The summed E-state index contributed by atoms with van der Waals surface area (Å²) in [5.41, 5.74) is 0.950. The van der Waals surface area contributed by atoms with Crippen LogP contribution in [0.1, 0.15) is 24.4 Å². The van der Waals surface area contributed by atoms with Crippen LogP contribution in [0.2, 0.25) is 0 Å². The zero-order chi connectivity index (χ0) is 19.1. The summed E-state index contributed by atoms with van der Waals surface area (Å²) in [6.07, 6.45) is 1.64. The van der Waals surface area contributed by atoms with Gasteiger partial charge in [-0.15, -0.1) is 0 Å². The summed E-state index contributed by atoms with van der Waals surface area (Å²) >= 11 is 0. The third-order valence-corrected chi connectivity index (χ3v) is 7.39. The van der Waals surface area contributed by atoms with Crippen molar-refractivity contribution in [1.29, 1.82) is 0 Å². The fourth-order valence-corrected chi connectivity index (χ4v) is 5.81. The molecular formula is C22H21NO4S. The van der Waals surface area contributed by atoms with Gasteiger partial charge in [-0.1, -0.05) is 36.4 Å². The molecule has 6 heteroatoms. The third kappa shape index (κ3) is 2.93. The largest absolute Gasteiger partial charge is 0.486 e. The van der Waals surface area contributed by atoms with Crippen LogP contribution in [0.5, 0.6) is 11.5 Å². The minimum Gasteiger partial charge on any atom is -0.486 e. The maximum atomic E-state index is 13.4. The number of fused-ring (bicyclic) bond motifs is 2. The highest BCUT2D eigenvalue weighted by Crippen LogP contribution is 2.40. The Balaban J connectivity index is 1.51. The van der Waals surface area contributed by atoms with Crippen LogP contribution in [-0.2, 0) is 10.0 Å². The van der Waals surface area contributed by atoms with Crippen LogP contribution < -0.4 is 9.47 Å². The molecule has 0 aliphatic carbocycles. The summed E-state index contributed by atoms with van der Waals surface area (Å²) in [5.74, 6) is 1.41. The van der Waals surface area contributed by atoms with Crippen molar-refractivity contribution < 1.29 is 17.9 Å². The number of nitrogens with zero attached hydrogens (tertiary/aromatic N) is 1. The van der Waals surface area contributed by atoms with Crippen molar-refractivity contribution in [2.45, 2.75) is 23.8 Å². The van der Waals surface area contributed by atoms with Crippen molar-refractivity contribution in [2.75, 3.05) is 19.8 Å². The molecule has 2 aliphatic heterocycles. The minimum atomic E-state index is -3.59. The first-order valence-electron chi connectivity index (χ1n) is 9.53. The lowest BCUT2D eigenvalue weighted by Gasteiger charge is -2.26. The fourth-order valence-electron chi connectivity index (χ4n) is 4.09. The molecule has 144 valence electrons. The summed E-state index contributed by atoms with van der Waals surface area (Å²) in [6, 6.07) is 18.7. The molecule has 1 saturated heterocycles. The first kappa shape index (κ1) is 17.5. The first-order valence-corrected chi connectivity index (χ1v) is 11.0. The van der Waals surface area contributed by atoms with Gasteiger partial charge in [0.15, 0.2) is 11.5 Å². The van der Waals surface area contributed by atoms with E-state index in [1.54, 1.807) is 16.4 Å². The predicted octanol–water partition coefficient (Wildman–Crippen LogP) is 4.14. The van der Waals surface area contributed by atoms with Gasteiger partial charge in [0.05, 0.1) is 10.9 Å². The molecule has 0 unspecified atom stereocenters. The van der Waals surface area contributed by atoms with E-state index in [9.17, 15) is 8.42 Å². The lowest BCUT2D eigenvalue weighted by atomic mass is 10.0. The third-order valence-electron chi connectivity index (χ3n) is 5.48. The summed E-state index contributed by atoms with van der Waals surface area (Å²) in [6.45, 7) is 1.58. The topological polar surface area (TPSA) is 55.8 Å². The molecule has 3 aromatic rings. The molecule has 1 atom stereocenters. The quantitative estimate of drug-likeness (QED) is 0.669. The number of rotatable bonds is 3. The van der Waals surface area contributed by atoms with E-state index in [1.807, 2.05) is 48.5 Å². The molecule has 3 aromatic carbocycles. The summed E-state index contributed by atoms with van der Waals surface area (Å²) < 4.78 is 39.7. The molecular weight excluding hydrogens is 374 g/mol. The van der Waals surface area contributed by atoms with Crippen molar-refractivity contribution >= 4 is 20.8 Å². The molecule has 5 rings (SSSR count). The molecule has 28 heavy (non-hydrogen) atoms. The highest BCUT2D eigenvalue weighted by molar-refractivity contribution is 7.89. The van der Waals surface area contributed by atoms with Gasteiger partial charge in [-0.05, 0) is 53.4 Å². The molecule has 1 fully saturated rings. The van der Waals surface area contributed by atoms with Crippen molar-refractivity contribution in [2.24, 2.45) is 0 Å². The average Bonchev–Trinajstić information content (AvgIpc) is 3.24. The van der Waals surface area contributed by atoms with Gasteiger partial charge in [0.2, 0.25) is 10.0 Å². The highest BCUT2D eigenvalue weighted by Gasteiger charge is 2.36. The van der Waals surface area contributed by atoms with Crippen LogP contribution in [0.3, 0.4) is 0 Å². The molecule has 0 N–H and O–H groups in total. The maximum Gasteiger partial charge on any atom is 0.243 e. The Labute approximate surface area is 164 Å². The van der Waals surface area contributed by atoms with Crippen LogP contribution in [0, 0.1) is 0 Å². The number of sulfonamides is 1. The molecule has 0 aromatic heterocycles. The normalized spacial score (nSPS) is 19.8. The SMILES string of the molecule is O=S(=O)(c1ccc2ccccc2c1)N1CCC[C@@H]1c1ccc2c(c1)OCCO2. The van der Waals surface area contributed by atoms with Crippen LogP contribution in [0.15, 0.2) is 65.6 Å². The van der Waals surface area contributed by atoms with Gasteiger partial charge < -0.3 is 9.47 Å². The number of hydrogen-bond donors (Lipinski definition) is 0. The zero-order valence-corrected chi connectivity index (χ0v) is 16.2. The van der Waals surface area contributed by atoms with Crippen molar-refractivity contribution in [3.63, 3.8) is 0 Å². The number of benzene rings is 3. The van der Waals surface area contributed by atoms with Gasteiger partial charge in [-0.2, -0.15) is 4.31 Å². The van der Waals surface area contributed by atoms with E-state index in [0.717, 1.165) is 34.9 Å². The van der Waals surface area contributed by atoms with Crippen molar-refractivity contribution in [3.8, 4) is 11.5 Å². The van der Waals surface area contributed by atoms with Gasteiger partial charge in [0, 0.05) is 6.54 Å². The lowest BCUT2D eigenvalue weighted by Crippen LogP contribution is -2.30. The van der Waals surface area contributed by atoms with Crippen molar-refractivity contribution in [1.82, 2.24) is 4.31 Å². The van der Waals surface area contributed by atoms with E-state index >= 15 is 0 Å². The average molecular weight is 395 g/mol. The monoisotopic (exact) mass is 395 g/mol. The second-order valence-electron chi connectivity index (χ2n) is 7.19. The smallest absolute Gasteiger partial charge is 0.243 e. The fraction of sp³-hybridized carbons (Fsp3) is 0.273. The summed E-state index contributed by atoms with van der Waals surface area (Å²) in [4.78, 5) is 0.343. The van der Waals surface area contributed by atoms with Crippen LogP contribution in [-0.4, -0.2) is 32.5 Å². The Morgan fingerprint density at radius 2 is 1.64 bits per heavy atom. The molecule has 0 saturated carbocycles. The zero-order valence-electron chi connectivity index (χ0n) is 15.4. The second-order valence-corrected chi connectivity index (χ2v) is 9.08. The molecule has 2 heterocycles. The lowest BCUT2D eigenvalue weighted by molar-refractivity contribution is 0.171. The highest BCUT2D eigenvalue weighted by atomic mass is 32.2. The van der Waals surface area contributed by atoms with E-state index in [2.05, 4.69) is 0 Å². The van der Waals surface area contributed by atoms with Gasteiger partial charge in [0.1, 0.15) is 13.2 Å². The number of hydrogen-bond acceptors (Lipinski definition) is 4. The molecule has 2 aliphatic rings. The molecule has 0 amide bonds. The van der Waals surface area contributed by atoms with Crippen LogP contribution in [0.25, 0.3) is 10.8 Å². The van der Waals surface area contributed by atoms with E-state index in [4.69, 9.17) is 9.47 Å². The van der Waals surface area contributed by atoms with Gasteiger partial charge >= 0.3 is 0 Å². The Kier molecular flexibility index (Phi) is 4.25. The summed E-state index contributed by atoms with van der Waals surface area (Å²) in [5, 5.41) is 1.96. The Morgan fingerprint density at radius 1 is 0.857 bits per heavy atom. The molecule has 0 radical (unpaired) electrons. The second kappa shape index (κ2) is 6.79. The Bertz CT molecular complexity index is 1140. The summed E-state index contributed by atoms with van der Waals surface area (Å²) in [7, 11) is -3.59. The van der Waals surface area contributed by atoms with Gasteiger partial charge in [-0.3, -0.25) is 0 Å². The van der Waals surface area contributed by atoms with E-state index in [1.165, 1.54) is 0 Å². The van der Waals surface area contributed by atoms with Crippen LogP contribution >= 0.6 is 0 Å². The Morgan fingerprint density at radius 3 is 2.50 bits per heavy atom. The predicted molar refractivity (Wildman–Crippen MR) is 107 cm³/mol. The van der Waals surface area contributed by atoms with Gasteiger partial charge in [0.25, 0.3) is 0 Å². The molecule has 5 nitrogen and oxygen atoms in total. The van der Waals surface area contributed by atoms with Crippen molar-refractivity contribution in [3.05, 3.63) is 66.2 Å². The molecule has 0 spiro atoms. The Hall–Kier alpha value is -2.57. The van der Waals surface area contributed by atoms with E-state index in [-0.39, 0.29) is 6.04 Å². The maximum absolute atomic E-state index is 13.4. The van der Waals surface area contributed by atoms with E-state index in [0.29, 0.717) is 30.4 Å².